The van der Waals surface area contributed by atoms with Crippen LogP contribution >= 0.6 is 11.3 Å². The number of pyridine rings is 1. The Balaban J connectivity index is 1.50. The van der Waals surface area contributed by atoms with Crippen molar-refractivity contribution in [1.29, 1.82) is 0 Å². The molecule has 32 heavy (non-hydrogen) atoms. The average molecular weight is 455 g/mol. The molecule has 1 aromatic carbocycles. The van der Waals surface area contributed by atoms with Gasteiger partial charge in [-0.15, -0.1) is 11.3 Å². The summed E-state index contributed by atoms with van der Waals surface area (Å²) in [5.41, 5.74) is 1.99. The molecule has 3 aromatic rings. The van der Waals surface area contributed by atoms with E-state index >= 15 is 0 Å². The molecular formula is C23H23FN4O3S. The minimum Gasteiger partial charge on any atom is -0.503 e. The van der Waals surface area contributed by atoms with Crippen LogP contribution in [0, 0.1) is 5.82 Å². The fraction of sp³-hybridized carbons (Fsp3) is 0.261. The second-order valence-corrected chi connectivity index (χ2v) is 8.41. The summed E-state index contributed by atoms with van der Waals surface area (Å²) >= 11 is 1.35. The zero-order valence-electron chi connectivity index (χ0n) is 17.6. The van der Waals surface area contributed by atoms with Gasteiger partial charge < -0.3 is 19.9 Å². The summed E-state index contributed by atoms with van der Waals surface area (Å²) < 4.78 is 15.4. The molecular weight excluding hydrogens is 431 g/mol. The standard InChI is InChI=1S/C23H23FN4O3S/c1-14-19-21(30)20(29)18(23-26-7-11-32-23)13-28(19)10-9-27(14)8-3-4-15-5-6-16(24)12-17(15)22(31)25-2/h5-7,11-13,30H,1,3-4,8-10H2,2H3,(H,25,31). The summed E-state index contributed by atoms with van der Waals surface area (Å²) in [4.78, 5) is 31.0. The molecule has 1 amide bonds. The Bertz CT molecular complexity index is 1240. The molecule has 0 fully saturated rings. The fourth-order valence-corrected chi connectivity index (χ4v) is 4.62. The first-order valence-electron chi connectivity index (χ1n) is 10.2. The number of benzene rings is 1. The van der Waals surface area contributed by atoms with Crippen LogP contribution in [0.25, 0.3) is 16.3 Å². The molecule has 4 rings (SSSR count). The van der Waals surface area contributed by atoms with Gasteiger partial charge >= 0.3 is 0 Å². The number of nitrogens with one attached hydrogen (secondary N) is 1. The van der Waals surface area contributed by atoms with Gasteiger partial charge in [0, 0.05) is 50.0 Å². The van der Waals surface area contributed by atoms with Crippen LogP contribution in [0.4, 0.5) is 4.39 Å². The molecule has 7 nitrogen and oxygen atoms in total. The number of halogens is 1. The summed E-state index contributed by atoms with van der Waals surface area (Å²) in [5, 5.41) is 15.5. The molecule has 0 radical (unpaired) electrons. The number of rotatable bonds is 6. The van der Waals surface area contributed by atoms with Gasteiger partial charge in [0.15, 0.2) is 5.75 Å². The van der Waals surface area contributed by atoms with Crippen LogP contribution in [0.15, 0.2) is 47.3 Å². The third-order valence-electron chi connectivity index (χ3n) is 5.60. The van der Waals surface area contributed by atoms with Gasteiger partial charge in [0.25, 0.3) is 5.91 Å². The first-order valence-corrected chi connectivity index (χ1v) is 11.1. The van der Waals surface area contributed by atoms with Gasteiger partial charge in [-0.3, -0.25) is 9.59 Å². The maximum absolute atomic E-state index is 13.6. The van der Waals surface area contributed by atoms with E-state index in [2.05, 4.69) is 16.9 Å². The van der Waals surface area contributed by atoms with Crippen LogP contribution in [-0.2, 0) is 13.0 Å². The highest BCUT2D eigenvalue weighted by Gasteiger charge is 2.26. The van der Waals surface area contributed by atoms with E-state index in [1.54, 1.807) is 23.8 Å². The predicted octanol–water partition coefficient (Wildman–Crippen LogP) is 3.10. The number of nitrogens with zero attached hydrogens (tertiary/aromatic N) is 3. The fourth-order valence-electron chi connectivity index (χ4n) is 3.97. The van der Waals surface area contributed by atoms with E-state index in [0.29, 0.717) is 60.0 Å². The molecule has 0 atom stereocenters. The number of thiazole rings is 1. The van der Waals surface area contributed by atoms with Crippen molar-refractivity contribution in [2.24, 2.45) is 0 Å². The van der Waals surface area contributed by atoms with Crippen molar-refractivity contribution in [3.63, 3.8) is 0 Å². The Morgan fingerprint density at radius 2 is 2.19 bits per heavy atom. The van der Waals surface area contributed by atoms with Crippen molar-refractivity contribution in [1.82, 2.24) is 19.8 Å². The molecule has 0 aliphatic carbocycles. The van der Waals surface area contributed by atoms with Gasteiger partial charge in [0.05, 0.1) is 11.3 Å². The molecule has 1 aliphatic rings. The number of carbonyl (C=O) groups is 1. The molecule has 0 bridgehead atoms. The Morgan fingerprint density at radius 3 is 2.91 bits per heavy atom. The number of hydrogen-bond donors (Lipinski definition) is 2. The Kier molecular flexibility index (Phi) is 6.09. The Labute approximate surface area is 188 Å². The highest BCUT2D eigenvalue weighted by Crippen LogP contribution is 2.31. The van der Waals surface area contributed by atoms with E-state index in [9.17, 15) is 19.1 Å². The SMILES string of the molecule is C=C1c2c(O)c(=O)c(-c3nccs3)cn2CCN1CCCc1ccc(F)cc1C(=O)NC. The lowest BCUT2D eigenvalue weighted by Gasteiger charge is -2.34. The summed E-state index contributed by atoms with van der Waals surface area (Å²) in [6.45, 7) is 5.97. The molecule has 0 spiro atoms. The lowest BCUT2D eigenvalue weighted by Crippen LogP contribution is -2.35. The predicted molar refractivity (Wildman–Crippen MR) is 122 cm³/mol. The van der Waals surface area contributed by atoms with E-state index in [1.165, 1.54) is 30.5 Å². The van der Waals surface area contributed by atoms with E-state index < -0.39 is 11.2 Å². The van der Waals surface area contributed by atoms with Crippen LogP contribution in [0.2, 0.25) is 0 Å². The molecule has 2 N–H and O–H groups in total. The zero-order chi connectivity index (χ0) is 22.8. The normalized spacial score (nSPS) is 13.2. The maximum atomic E-state index is 13.6. The van der Waals surface area contributed by atoms with Crippen molar-refractivity contribution in [3.8, 4) is 16.3 Å². The lowest BCUT2D eigenvalue weighted by molar-refractivity contribution is 0.0961. The van der Waals surface area contributed by atoms with Gasteiger partial charge in [-0.05, 0) is 30.5 Å². The van der Waals surface area contributed by atoms with Crippen molar-refractivity contribution in [3.05, 3.63) is 75.4 Å². The number of aromatic hydroxyl groups is 1. The minimum atomic E-state index is -0.462. The number of carbonyl (C=O) groups excluding carboxylic acids is 1. The van der Waals surface area contributed by atoms with Gasteiger partial charge in [-0.1, -0.05) is 12.6 Å². The highest BCUT2D eigenvalue weighted by molar-refractivity contribution is 7.13. The number of amides is 1. The van der Waals surface area contributed by atoms with E-state index in [1.807, 2.05) is 9.47 Å². The number of aryl methyl sites for hydroxylation is 1. The second-order valence-electron chi connectivity index (χ2n) is 7.52. The molecule has 3 heterocycles. The van der Waals surface area contributed by atoms with Crippen LogP contribution in [0.3, 0.4) is 0 Å². The zero-order valence-corrected chi connectivity index (χ0v) is 18.4. The number of fused-ring (bicyclic) bond motifs is 1. The van der Waals surface area contributed by atoms with Crippen molar-refractivity contribution in [2.75, 3.05) is 20.1 Å². The van der Waals surface area contributed by atoms with Gasteiger partial charge in [-0.25, -0.2) is 9.37 Å². The van der Waals surface area contributed by atoms with Crippen molar-refractivity contribution >= 4 is 22.9 Å². The molecule has 0 saturated heterocycles. The highest BCUT2D eigenvalue weighted by atomic mass is 32.1. The first-order chi connectivity index (χ1) is 15.4. The summed E-state index contributed by atoms with van der Waals surface area (Å²) in [7, 11) is 1.51. The molecule has 1 aliphatic heterocycles. The van der Waals surface area contributed by atoms with E-state index in [4.69, 9.17) is 0 Å². The average Bonchev–Trinajstić information content (AvgIpc) is 3.32. The topological polar surface area (TPSA) is 87.5 Å². The maximum Gasteiger partial charge on any atom is 0.251 e. The van der Waals surface area contributed by atoms with Crippen molar-refractivity contribution < 1.29 is 14.3 Å². The van der Waals surface area contributed by atoms with Crippen LogP contribution < -0.4 is 10.7 Å². The minimum absolute atomic E-state index is 0.323. The number of aromatic nitrogens is 2. The monoisotopic (exact) mass is 454 g/mol. The third-order valence-corrected chi connectivity index (χ3v) is 6.41. The Morgan fingerprint density at radius 1 is 1.38 bits per heavy atom. The first kappa shape index (κ1) is 21.8. The summed E-state index contributed by atoms with van der Waals surface area (Å²) in [6.07, 6.45) is 4.62. The smallest absolute Gasteiger partial charge is 0.251 e. The second kappa shape index (κ2) is 8.96. The van der Waals surface area contributed by atoms with E-state index in [-0.39, 0.29) is 11.7 Å². The largest absolute Gasteiger partial charge is 0.503 e. The van der Waals surface area contributed by atoms with Crippen molar-refractivity contribution in [2.45, 2.75) is 19.4 Å². The van der Waals surface area contributed by atoms with Crippen LogP contribution in [0.1, 0.15) is 28.0 Å². The molecule has 2 aromatic heterocycles. The summed E-state index contributed by atoms with van der Waals surface area (Å²) in [6, 6.07) is 4.23. The quantitative estimate of drug-likeness (QED) is 0.598. The van der Waals surface area contributed by atoms with E-state index in [0.717, 1.165) is 5.56 Å². The molecule has 166 valence electrons. The lowest BCUT2D eigenvalue weighted by atomic mass is 10.0. The van der Waals surface area contributed by atoms with Gasteiger partial charge in [0.1, 0.15) is 16.5 Å². The van der Waals surface area contributed by atoms with Crippen LogP contribution in [-0.4, -0.2) is 45.6 Å². The van der Waals surface area contributed by atoms with Crippen LogP contribution in [0.5, 0.6) is 5.75 Å². The molecule has 0 unspecified atom stereocenters. The Hall–Kier alpha value is -3.46. The molecule has 0 saturated carbocycles. The van der Waals surface area contributed by atoms with Gasteiger partial charge in [0.2, 0.25) is 5.43 Å². The molecule has 9 heteroatoms. The summed E-state index contributed by atoms with van der Waals surface area (Å²) in [5.74, 6) is -1.10. The third kappa shape index (κ3) is 4.03. The van der Waals surface area contributed by atoms with Gasteiger partial charge in [-0.2, -0.15) is 0 Å². The number of hydrogen-bond acceptors (Lipinski definition) is 6.